The minimum Gasteiger partial charge on any atom is -0.326 e. The number of nitrogens with one attached hydrogen (secondary N) is 2. The number of hydrogen-bond donors (Lipinski definition) is 2. The molecule has 1 saturated carbocycles. The van der Waals surface area contributed by atoms with Crippen LogP contribution in [-0.2, 0) is 14.8 Å². The highest BCUT2D eigenvalue weighted by molar-refractivity contribution is 7.90. The van der Waals surface area contributed by atoms with Crippen LogP contribution in [0.25, 0.3) is 0 Å². The molecule has 0 bridgehead atoms. The predicted octanol–water partition coefficient (Wildman–Crippen LogP) is 4.03. The molecule has 0 heterocycles. The Labute approximate surface area is 158 Å². The first-order chi connectivity index (χ1) is 12.2. The molecule has 0 radical (unpaired) electrons. The number of amides is 1. The van der Waals surface area contributed by atoms with Gasteiger partial charge < -0.3 is 5.32 Å². The maximum Gasteiger partial charge on any atom is 0.227 e. The van der Waals surface area contributed by atoms with Crippen LogP contribution >= 0.6 is 0 Å². The van der Waals surface area contributed by atoms with Crippen molar-refractivity contribution in [1.82, 2.24) is 4.72 Å². The second-order valence-corrected chi connectivity index (χ2v) is 9.95. The van der Waals surface area contributed by atoms with Crippen LogP contribution in [0.15, 0.2) is 24.3 Å². The molecule has 1 fully saturated rings. The molecule has 2 N–H and O–H groups in total. The Morgan fingerprint density at radius 2 is 1.65 bits per heavy atom. The molecule has 6 heteroatoms. The Kier molecular flexibility index (Phi) is 7.24. The van der Waals surface area contributed by atoms with Gasteiger partial charge in [-0.3, -0.25) is 4.79 Å². The predicted molar refractivity (Wildman–Crippen MR) is 107 cm³/mol. The van der Waals surface area contributed by atoms with Crippen molar-refractivity contribution in [1.29, 1.82) is 0 Å². The van der Waals surface area contributed by atoms with Crippen molar-refractivity contribution in [2.75, 3.05) is 5.32 Å². The van der Waals surface area contributed by atoms with Gasteiger partial charge in [0.2, 0.25) is 15.9 Å². The summed E-state index contributed by atoms with van der Waals surface area (Å²) in [5, 5.41) is 2.57. The highest BCUT2D eigenvalue weighted by Gasteiger charge is 2.29. The van der Waals surface area contributed by atoms with Gasteiger partial charge in [0, 0.05) is 17.6 Å². The van der Waals surface area contributed by atoms with Crippen LogP contribution in [0.5, 0.6) is 0 Å². The third-order valence-corrected chi connectivity index (χ3v) is 7.31. The van der Waals surface area contributed by atoms with Crippen molar-refractivity contribution < 1.29 is 13.2 Å². The number of benzene rings is 1. The zero-order valence-corrected chi connectivity index (χ0v) is 17.1. The SMILES string of the molecule is CCC(C)c1ccc(NC(=O)C2CCC(NS(=O)(=O)C(C)C)CC2)cc1. The van der Waals surface area contributed by atoms with Gasteiger partial charge in [0.1, 0.15) is 0 Å². The van der Waals surface area contributed by atoms with Crippen molar-refractivity contribution in [3.63, 3.8) is 0 Å². The number of carbonyl (C=O) groups is 1. The highest BCUT2D eigenvalue weighted by Crippen LogP contribution is 2.27. The van der Waals surface area contributed by atoms with Crippen LogP contribution in [0.4, 0.5) is 5.69 Å². The number of rotatable bonds is 7. The summed E-state index contributed by atoms with van der Waals surface area (Å²) in [6.07, 6.45) is 3.92. The van der Waals surface area contributed by atoms with Gasteiger partial charge in [-0.1, -0.05) is 26.0 Å². The molecule has 1 atom stereocenters. The molecule has 1 aliphatic carbocycles. The average Bonchev–Trinajstić information content (AvgIpc) is 2.61. The molecule has 0 spiro atoms. The lowest BCUT2D eigenvalue weighted by Gasteiger charge is -2.28. The summed E-state index contributed by atoms with van der Waals surface area (Å²) < 4.78 is 26.7. The Balaban J connectivity index is 1.85. The maximum atomic E-state index is 12.5. The van der Waals surface area contributed by atoms with E-state index in [4.69, 9.17) is 0 Å². The largest absolute Gasteiger partial charge is 0.326 e. The van der Waals surface area contributed by atoms with E-state index in [2.05, 4.69) is 36.0 Å². The van der Waals surface area contributed by atoms with Crippen LogP contribution in [0.3, 0.4) is 0 Å². The first-order valence-corrected chi connectivity index (χ1v) is 11.2. The molecule has 1 aromatic carbocycles. The van der Waals surface area contributed by atoms with Gasteiger partial charge in [-0.25, -0.2) is 13.1 Å². The molecule has 26 heavy (non-hydrogen) atoms. The fraction of sp³-hybridized carbons (Fsp3) is 0.650. The Bertz CT molecular complexity index is 690. The van der Waals surface area contributed by atoms with Crippen LogP contribution in [0.2, 0.25) is 0 Å². The second-order valence-electron chi connectivity index (χ2n) is 7.68. The topological polar surface area (TPSA) is 75.3 Å². The third kappa shape index (κ3) is 5.55. The first-order valence-electron chi connectivity index (χ1n) is 9.65. The van der Waals surface area contributed by atoms with Gasteiger partial charge in [-0.15, -0.1) is 0 Å². The molecule has 0 saturated heterocycles. The molecule has 2 rings (SSSR count). The fourth-order valence-electron chi connectivity index (χ4n) is 3.22. The smallest absolute Gasteiger partial charge is 0.227 e. The van der Waals surface area contributed by atoms with Gasteiger partial charge in [-0.2, -0.15) is 0 Å². The van der Waals surface area contributed by atoms with Crippen molar-refractivity contribution in [3.8, 4) is 0 Å². The minimum atomic E-state index is -3.25. The van der Waals surface area contributed by atoms with Crippen LogP contribution in [0, 0.1) is 5.92 Å². The molecule has 146 valence electrons. The number of carbonyl (C=O) groups excluding carboxylic acids is 1. The van der Waals surface area contributed by atoms with Gasteiger partial charge in [0.15, 0.2) is 0 Å². The maximum absolute atomic E-state index is 12.5. The van der Waals surface area contributed by atoms with Crippen LogP contribution in [-0.4, -0.2) is 25.6 Å². The first kappa shape index (κ1) is 20.9. The van der Waals surface area contributed by atoms with Crippen LogP contribution < -0.4 is 10.0 Å². The van der Waals surface area contributed by atoms with E-state index in [1.54, 1.807) is 13.8 Å². The molecule has 0 aromatic heterocycles. The number of sulfonamides is 1. The standard InChI is InChI=1S/C20H32N2O3S/c1-5-15(4)16-6-10-18(11-7-16)21-20(23)17-8-12-19(13-9-17)22-26(24,25)14(2)3/h6-7,10-11,14-15,17,19,22H,5,8-9,12-13H2,1-4H3,(H,21,23). The Morgan fingerprint density at radius 1 is 1.08 bits per heavy atom. The van der Waals surface area contributed by atoms with Gasteiger partial charge in [0.25, 0.3) is 0 Å². The van der Waals surface area contributed by atoms with E-state index in [1.165, 1.54) is 5.56 Å². The minimum absolute atomic E-state index is 0.0338. The van der Waals surface area contributed by atoms with E-state index in [0.717, 1.165) is 12.1 Å². The summed E-state index contributed by atoms with van der Waals surface area (Å²) in [4.78, 5) is 12.5. The van der Waals surface area contributed by atoms with E-state index in [-0.39, 0.29) is 17.9 Å². The molecule has 1 amide bonds. The van der Waals surface area contributed by atoms with E-state index in [0.29, 0.717) is 31.6 Å². The number of hydrogen-bond acceptors (Lipinski definition) is 3. The monoisotopic (exact) mass is 380 g/mol. The lowest BCUT2D eigenvalue weighted by atomic mass is 9.86. The van der Waals surface area contributed by atoms with Crippen LogP contribution in [0.1, 0.15) is 71.3 Å². The van der Waals surface area contributed by atoms with Crippen molar-refractivity contribution in [2.45, 2.75) is 77.0 Å². The molecule has 5 nitrogen and oxygen atoms in total. The van der Waals surface area contributed by atoms with Crippen molar-refractivity contribution in [2.24, 2.45) is 5.92 Å². The normalized spacial score (nSPS) is 22.2. The summed E-state index contributed by atoms with van der Waals surface area (Å²) >= 11 is 0. The van der Waals surface area contributed by atoms with Gasteiger partial charge in [-0.05, 0) is 69.6 Å². The lowest BCUT2D eigenvalue weighted by Crippen LogP contribution is -2.42. The number of anilines is 1. The fourth-order valence-corrected chi connectivity index (χ4v) is 4.19. The Hall–Kier alpha value is -1.40. The quantitative estimate of drug-likeness (QED) is 0.750. The second kappa shape index (κ2) is 9.00. The van der Waals surface area contributed by atoms with Crippen molar-refractivity contribution >= 4 is 21.6 Å². The molecular weight excluding hydrogens is 348 g/mol. The van der Waals surface area contributed by atoms with Crippen molar-refractivity contribution in [3.05, 3.63) is 29.8 Å². The molecule has 1 unspecified atom stereocenters. The summed E-state index contributed by atoms with van der Waals surface area (Å²) in [5.74, 6) is 0.500. The third-order valence-electron chi connectivity index (χ3n) is 5.41. The van der Waals surface area contributed by atoms with Gasteiger partial charge >= 0.3 is 0 Å². The van der Waals surface area contributed by atoms with E-state index in [9.17, 15) is 13.2 Å². The van der Waals surface area contributed by atoms with E-state index < -0.39 is 15.3 Å². The molecule has 1 aliphatic rings. The van der Waals surface area contributed by atoms with E-state index in [1.807, 2.05) is 12.1 Å². The Morgan fingerprint density at radius 3 is 2.15 bits per heavy atom. The molecule has 1 aromatic rings. The summed E-state index contributed by atoms with van der Waals surface area (Å²) in [6, 6.07) is 8.01. The molecule has 0 aliphatic heterocycles. The summed E-state index contributed by atoms with van der Waals surface area (Å²) in [6.45, 7) is 7.71. The average molecular weight is 381 g/mol. The summed E-state index contributed by atoms with van der Waals surface area (Å²) in [5.41, 5.74) is 2.10. The zero-order chi connectivity index (χ0) is 19.3. The summed E-state index contributed by atoms with van der Waals surface area (Å²) in [7, 11) is -3.25. The van der Waals surface area contributed by atoms with E-state index >= 15 is 0 Å². The highest BCUT2D eigenvalue weighted by atomic mass is 32.2. The lowest BCUT2D eigenvalue weighted by molar-refractivity contribution is -0.120. The van der Waals surface area contributed by atoms with Gasteiger partial charge in [0.05, 0.1) is 5.25 Å². The zero-order valence-electron chi connectivity index (χ0n) is 16.3. The molecular formula is C20H32N2O3S.